The highest BCUT2D eigenvalue weighted by molar-refractivity contribution is 5.93. The van der Waals surface area contributed by atoms with Crippen LogP contribution in [0.4, 0.5) is 4.39 Å². The second kappa shape index (κ2) is 5.55. The van der Waals surface area contributed by atoms with E-state index < -0.39 is 5.91 Å². The lowest BCUT2D eigenvalue weighted by Crippen LogP contribution is -2.10. The Morgan fingerprint density at radius 2 is 1.92 bits per heavy atom. The molecule has 0 unspecified atom stereocenters. The van der Waals surface area contributed by atoms with Gasteiger partial charge < -0.3 is 14.8 Å². The third kappa shape index (κ3) is 2.55. The van der Waals surface area contributed by atoms with E-state index in [4.69, 9.17) is 10.3 Å². The van der Waals surface area contributed by atoms with Crippen molar-refractivity contribution in [3.05, 3.63) is 65.8 Å². The zero-order chi connectivity index (χ0) is 17.6. The van der Waals surface area contributed by atoms with Gasteiger partial charge >= 0.3 is 0 Å². The highest BCUT2D eigenvalue weighted by Gasteiger charge is 2.17. The molecule has 2 heterocycles. The maximum atomic E-state index is 13.6. The van der Waals surface area contributed by atoms with Gasteiger partial charge in [0.05, 0.1) is 11.2 Å². The predicted molar refractivity (Wildman–Crippen MR) is 89.8 cm³/mol. The lowest BCUT2D eigenvalue weighted by Gasteiger charge is -2.09. The maximum absolute atomic E-state index is 13.6. The van der Waals surface area contributed by atoms with Crippen LogP contribution in [0.3, 0.4) is 0 Å². The summed E-state index contributed by atoms with van der Waals surface area (Å²) in [5, 5.41) is 4.67. The molecule has 0 aliphatic heterocycles. The van der Waals surface area contributed by atoms with Gasteiger partial charge in [0.1, 0.15) is 5.82 Å². The van der Waals surface area contributed by atoms with Crippen LogP contribution in [0, 0.1) is 12.7 Å². The third-order valence-corrected chi connectivity index (χ3v) is 3.93. The Hall–Kier alpha value is -3.48. The smallest absolute Gasteiger partial charge is 0.248 e. The van der Waals surface area contributed by atoms with E-state index in [1.54, 1.807) is 43.3 Å². The largest absolute Gasteiger partial charge is 0.366 e. The summed E-state index contributed by atoms with van der Waals surface area (Å²) < 4.78 is 20.6. The number of hydrogen-bond donors (Lipinski definition) is 1. The number of rotatable bonds is 3. The molecule has 0 spiro atoms. The van der Waals surface area contributed by atoms with Crippen molar-refractivity contribution in [1.29, 1.82) is 0 Å². The van der Waals surface area contributed by atoms with E-state index in [9.17, 15) is 9.18 Å². The number of aromatic nitrogens is 3. The molecule has 0 aliphatic carbocycles. The summed E-state index contributed by atoms with van der Waals surface area (Å²) in [4.78, 5) is 15.5. The molecule has 0 aliphatic rings. The Labute approximate surface area is 141 Å². The number of nitrogens with zero attached hydrogens (tertiary/aromatic N) is 3. The Morgan fingerprint density at radius 1 is 1.16 bits per heavy atom. The van der Waals surface area contributed by atoms with E-state index in [1.165, 1.54) is 12.1 Å². The number of carbonyl (C=O) groups is 1. The lowest BCUT2D eigenvalue weighted by atomic mass is 10.2. The number of carbonyl (C=O) groups excluding carboxylic acids is 1. The van der Waals surface area contributed by atoms with Crippen molar-refractivity contribution in [2.75, 3.05) is 0 Å². The van der Waals surface area contributed by atoms with Crippen LogP contribution in [-0.4, -0.2) is 20.6 Å². The second-order valence-electron chi connectivity index (χ2n) is 5.62. The zero-order valence-electron chi connectivity index (χ0n) is 13.2. The Kier molecular flexibility index (Phi) is 3.35. The third-order valence-electron chi connectivity index (χ3n) is 3.93. The fourth-order valence-electron chi connectivity index (χ4n) is 2.81. The van der Waals surface area contributed by atoms with Gasteiger partial charge in [-0.1, -0.05) is 5.16 Å². The van der Waals surface area contributed by atoms with Gasteiger partial charge in [-0.3, -0.25) is 4.79 Å². The number of fused-ring (bicyclic) bond motifs is 1. The van der Waals surface area contributed by atoms with E-state index in [0.29, 0.717) is 28.4 Å². The normalized spacial score (nSPS) is 11.1. The van der Waals surface area contributed by atoms with E-state index in [0.717, 1.165) is 11.2 Å². The molecule has 4 rings (SSSR count). The fourth-order valence-corrected chi connectivity index (χ4v) is 2.81. The summed E-state index contributed by atoms with van der Waals surface area (Å²) in [5.41, 5.74) is 7.91. The summed E-state index contributed by atoms with van der Waals surface area (Å²) >= 11 is 0. The van der Waals surface area contributed by atoms with Crippen LogP contribution in [0.25, 0.3) is 28.1 Å². The minimum absolute atomic E-state index is 0.329. The molecular weight excluding hydrogens is 323 g/mol. The van der Waals surface area contributed by atoms with E-state index >= 15 is 0 Å². The predicted octanol–water partition coefficient (Wildman–Crippen LogP) is 3.23. The van der Waals surface area contributed by atoms with Crippen LogP contribution < -0.4 is 5.73 Å². The van der Waals surface area contributed by atoms with Crippen molar-refractivity contribution in [1.82, 2.24) is 14.7 Å². The molecule has 2 N–H and O–H groups in total. The molecule has 25 heavy (non-hydrogen) atoms. The number of benzene rings is 2. The number of amides is 1. The van der Waals surface area contributed by atoms with Crippen molar-refractivity contribution in [3.63, 3.8) is 0 Å². The molecule has 0 atom stereocenters. The van der Waals surface area contributed by atoms with Gasteiger partial charge in [-0.2, -0.15) is 4.98 Å². The molecule has 6 nitrogen and oxygen atoms in total. The summed E-state index contributed by atoms with van der Waals surface area (Å²) in [5.74, 6) is -0.000260. The SMILES string of the molecule is Cc1nc(-c2cc3cc(F)ccc3n2-c2ccc(C(N)=O)cc2)no1. The number of primary amides is 1. The van der Waals surface area contributed by atoms with Gasteiger partial charge in [-0.15, -0.1) is 0 Å². The molecule has 0 saturated carbocycles. The molecule has 2 aromatic heterocycles. The molecule has 0 radical (unpaired) electrons. The van der Waals surface area contributed by atoms with Crippen molar-refractivity contribution in [2.45, 2.75) is 6.92 Å². The lowest BCUT2D eigenvalue weighted by molar-refractivity contribution is 0.100. The first-order chi connectivity index (χ1) is 12.0. The van der Waals surface area contributed by atoms with Crippen molar-refractivity contribution in [3.8, 4) is 17.2 Å². The minimum Gasteiger partial charge on any atom is -0.366 e. The van der Waals surface area contributed by atoms with Crippen molar-refractivity contribution < 1.29 is 13.7 Å². The Morgan fingerprint density at radius 3 is 2.56 bits per heavy atom. The van der Waals surface area contributed by atoms with Gasteiger partial charge in [-0.25, -0.2) is 4.39 Å². The standard InChI is InChI=1S/C18H13FN4O2/c1-10-21-18(22-25-10)16-9-12-8-13(19)4-7-15(12)23(16)14-5-2-11(3-6-14)17(20)24/h2-9H,1H3,(H2,20,24). The number of hydrogen-bond acceptors (Lipinski definition) is 4. The van der Waals surface area contributed by atoms with Crippen LogP contribution in [0.2, 0.25) is 0 Å². The van der Waals surface area contributed by atoms with Gasteiger partial charge in [0.2, 0.25) is 17.6 Å². The molecule has 2 aromatic carbocycles. The van der Waals surface area contributed by atoms with Gasteiger partial charge in [-0.05, 0) is 48.5 Å². The van der Waals surface area contributed by atoms with Crippen LogP contribution in [0.15, 0.2) is 53.1 Å². The first kappa shape index (κ1) is 15.1. The maximum Gasteiger partial charge on any atom is 0.248 e. The molecule has 0 bridgehead atoms. The number of aryl methyl sites for hydroxylation is 1. The monoisotopic (exact) mass is 336 g/mol. The van der Waals surface area contributed by atoms with Gasteiger partial charge in [0.15, 0.2) is 0 Å². The molecule has 0 fully saturated rings. The van der Waals surface area contributed by atoms with Crippen molar-refractivity contribution in [2.24, 2.45) is 5.73 Å². The number of nitrogens with two attached hydrogens (primary N) is 1. The average molecular weight is 336 g/mol. The quantitative estimate of drug-likeness (QED) is 0.622. The molecule has 1 amide bonds. The van der Waals surface area contributed by atoms with Crippen LogP contribution in [-0.2, 0) is 0 Å². The fraction of sp³-hybridized carbons (Fsp3) is 0.0556. The summed E-state index contributed by atoms with van der Waals surface area (Å²) in [6, 6.07) is 13.1. The van der Waals surface area contributed by atoms with Crippen molar-refractivity contribution >= 4 is 16.8 Å². The molecular formula is C18H13FN4O2. The van der Waals surface area contributed by atoms with Gasteiger partial charge in [0, 0.05) is 23.6 Å². The van der Waals surface area contributed by atoms with Crippen LogP contribution in [0.1, 0.15) is 16.2 Å². The van der Waals surface area contributed by atoms with E-state index in [-0.39, 0.29) is 5.82 Å². The van der Waals surface area contributed by atoms with E-state index in [2.05, 4.69) is 10.1 Å². The number of halogens is 1. The van der Waals surface area contributed by atoms with Crippen LogP contribution in [0.5, 0.6) is 0 Å². The first-order valence-corrected chi connectivity index (χ1v) is 7.55. The Balaban J connectivity index is 1.98. The molecule has 4 aromatic rings. The molecule has 124 valence electrons. The second-order valence-corrected chi connectivity index (χ2v) is 5.62. The Bertz CT molecular complexity index is 1100. The van der Waals surface area contributed by atoms with E-state index in [1.807, 2.05) is 4.57 Å². The highest BCUT2D eigenvalue weighted by Crippen LogP contribution is 2.30. The topological polar surface area (TPSA) is 86.9 Å². The first-order valence-electron chi connectivity index (χ1n) is 7.55. The molecule has 0 saturated heterocycles. The zero-order valence-corrected chi connectivity index (χ0v) is 13.2. The minimum atomic E-state index is -0.500. The van der Waals surface area contributed by atoms with Crippen LogP contribution >= 0.6 is 0 Å². The molecule has 7 heteroatoms. The summed E-state index contributed by atoms with van der Waals surface area (Å²) in [6.07, 6.45) is 0. The van der Waals surface area contributed by atoms with Gasteiger partial charge in [0.25, 0.3) is 0 Å². The average Bonchev–Trinajstić information content (AvgIpc) is 3.17. The highest BCUT2D eigenvalue weighted by atomic mass is 19.1. The summed E-state index contributed by atoms with van der Waals surface area (Å²) in [7, 11) is 0. The summed E-state index contributed by atoms with van der Waals surface area (Å²) in [6.45, 7) is 1.70.